The van der Waals surface area contributed by atoms with Gasteiger partial charge < -0.3 is 5.11 Å². The Balaban J connectivity index is 2.17. The second-order valence-electron chi connectivity index (χ2n) is 4.02. The fourth-order valence-corrected chi connectivity index (χ4v) is 3.15. The second-order valence-corrected chi connectivity index (χ2v) is 6.14. The topological polar surface area (TPSA) is 66.4 Å². The van der Waals surface area contributed by atoms with E-state index in [1.165, 1.54) is 0 Å². The number of aliphatic hydroxyl groups excluding tert-OH is 1. The van der Waals surface area contributed by atoms with Crippen molar-refractivity contribution in [3.8, 4) is 0 Å². The number of aliphatic hydroxyl groups is 1. The van der Waals surface area contributed by atoms with Crippen molar-refractivity contribution in [1.29, 1.82) is 0 Å². The van der Waals surface area contributed by atoms with E-state index < -0.39 is 21.9 Å². The van der Waals surface area contributed by atoms with E-state index in [-0.39, 0.29) is 16.0 Å². The highest BCUT2D eigenvalue weighted by Gasteiger charge is 2.31. The van der Waals surface area contributed by atoms with Gasteiger partial charge in [-0.1, -0.05) is 11.6 Å². The molecule has 0 unspecified atom stereocenters. The summed E-state index contributed by atoms with van der Waals surface area (Å²) < 4.78 is 39.0. The van der Waals surface area contributed by atoms with Gasteiger partial charge in [0.2, 0.25) is 10.0 Å². The van der Waals surface area contributed by atoms with Crippen LogP contribution in [0.15, 0.2) is 23.1 Å². The summed E-state index contributed by atoms with van der Waals surface area (Å²) in [6, 6.07) is 2.96. The monoisotopic (exact) mass is 279 g/mol. The van der Waals surface area contributed by atoms with Crippen molar-refractivity contribution in [3.05, 3.63) is 29.0 Å². The van der Waals surface area contributed by atoms with E-state index in [4.69, 9.17) is 16.7 Å². The fourth-order valence-electron chi connectivity index (χ4n) is 1.62. The molecule has 0 radical (unpaired) electrons. The van der Waals surface area contributed by atoms with Crippen LogP contribution in [-0.4, -0.2) is 25.7 Å². The van der Waals surface area contributed by atoms with Gasteiger partial charge in [-0.05, 0) is 31.0 Å². The molecule has 2 rings (SSSR count). The fraction of sp³-hybridized carbons (Fsp3) is 0.400. The van der Waals surface area contributed by atoms with Gasteiger partial charge in [0.05, 0.1) is 16.0 Å². The van der Waals surface area contributed by atoms with Crippen LogP contribution in [0.4, 0.5) is 4.39 Å². The molecule has 1 aromatic rings. The van der Waals surface area contributed by atoms with Crippen LogP contribution in [0.2, 0.25) is 5.02 Å². The minimum Gasteiger partial charge on any atom is -0.393 e. The lowest BCUT2D eigenvalue weighted by molar-refractivity contribution is 0.0712. The predicted molar refractivity (Wildman–Crippen MR) is 60.8 cm³/mol. The van der Waals surface area contributed by atoms with Crippen LogP contribution in [0, 0.1) is 5.82 Å². The number of hydrogen-bond donors (Lipinski definition) is 2. The molecule has 0 spiro atoms. The highest BCUT2D eigenvalue weighted by Crippen LogP contribution is 2.24. The molecule has 0 aromatic heterocycles. The van der Waals surface area contributed by atoms with Gasteiger partial charge >= 0.3 is 0 Å². The third-order valence-electron chi connectivity index (χ3n) is 2.64. The van der Waals surface area contributed by atoms with Crippen molar-refractivity contribution < 1.29 is 17.9 Å². The number of halogens is 2. The lowest BCUT2D eigenvalue weighted by Crippen LogP contribution is -2.46. The van der Waals surface area contributed by atoms with E-state index in [1.54, 1.807) is 0 Å². The lowest BCUT2D eigenvalue weighted by atomic mass is 9.91. The van der Waals surface area contributed by atoms with E-state index in [0.29, 0.717) is 12.8 Å². The first kappa shape index (κ1) is 12.8. The van der Waals surface area contributed by atoms with E-state index in [9.17, 15) is 12.8 Å². The summed E-state index contributed by atoms with van der Waals surface area (Å²) in [5.74, 6) is -0.662. The molecule has 0 saturated heterocycles. The van der Waals surface area contributed by atoms with Crippen LogP contribution in [0.3, 0.4) is 0 Å². The first-order valence-corrected chi connectivity index (χ1v) is 6.90. The lowest BCUT2D eigenvalue weighted by Gasteiger charge is -2.31. The van der Waals surface area contributed by atoms with Gasteiger partial charge in [-0.3, -0.25) is 0 Å². The summed E-state index contributed by atoms with van der Waals surface area (Å²) in [5.41, 5.74) is 0. The molecule has 0 heterocycles. The maximum atomic E-state index is 12.9. The largest absolute Gasteiger partial charge is 0.393 e. The Kier molecular flexibility index (Phi) is 3.40. The van der Waals surface area contributed by atoms with Gasteiger partial charge in [-0.15, -0.1) is 0 Å². The molecule has 7 heteroatoms. The summed E-state index contributed by atoms with van der Waals surface area (Å²) >= 11 is 5.52. The molecular formula is C10H11ClFNO3S. The molecule has 1 saturated carbocycles. The smallest absolute Gasteiger partial charge is 0.240 e. The van der Waals surface area contributed by atoms with Crippen LogP contribution in [0.1, 0.15) is 12.8 Å². The highest BCUT2D eigenvalue weighted by molar-refractivity contribution is 7.89. The number of rotatable bonds is 3. The third-order valence-corrected chi connectivity index (χ3v) is 4.44. The molecule has 2 N–H and O–H groups in total. The quantitative estimate of drug-likeness (QED) is 0.876. The standard InChI is InChI=1S/C10H11ClFNO3S/c11-9-5-8(1-2-10(9)12)17(15,16)13-6-3-7(14)4-6/h1-2,5-7,13-14H,3-4H2. The molecule has 0 aliphatic heterocycles. The molecule has 0 bridgehead atoms. The van der Waals surface area contributed by atoms with Gasteiger partial charge in [0.15, 0.2) is 0 Å². The van der Waals surface area contributed by atoms with Gasteiger partial charge in [0, 0.05) is 6.04 Å². The Morgan fingerprint density at radius 1 is 1.41 bits per heavy atom. The van der Waals surface area contributed by atoms with Crippen LogP contribution in [0.25, 0.3) is 0 Å². The average molecular weight is 280 g/mol. The van der Waals surface area contributed by atoms with Crippen molar-refractivity contribution in [2.24, 2.45) is 0 Å². The predicted octanol–water partition coefficient (Wildman–Crippen LogP) is 1.28. The molecule has 17 heavy (non-hydrogen) atoms. The molecule has 1 aliphatic rings. The van der Waals surface area contributed by atoms with E-state index in [1.807, 2.05) is 0 Å². The van der Waals surface area contributed by atoms with Crippen LogP contribution >= 0.6 is 11.6 Å². The van der Waals surface area contributed by atoms with Gasteiger partial charge in [0.25, 0.3) is 0 Å². The number of sulfonamides is 1. The molecular weight excluding hydrogens is 269 g/mol. The second kappa shape index (κ2) is 4.53. The molecule has 0 atom stereocenters. The van der Waals surface area contributed by atoms with E-state index in [2.05, 4.69) is 4.72 Å². The Labute approximate surface area is 103 Å². The maximum Gasteiger partial charge on any atom is 0.240 e. The maximum absolute atomic E-state index is 12.9. The van der Waals surface area contributed by atoms with Crippen molar-refractivity contribution >= 4 is 21.6 Å². The van der Waals surface area contributed by atoms with Crippen LogP contribution in [0.5, 0.6) is 0 Å². The number of nitrogens with one attached hydrogen (secondary N) is 1. The van der Waals surface area contributed by atoms with Gasteiger partial charge in [0.1, 0.15) is 5.82 Å². The SMILES string of the molecule is O=S(=O)(NC1CC(O)C1)c1ccc(F)c(Cl)c1. The normalized spacial score (nSPS) is 24.4. The summed E-state index contributed by atoms with van der Waals surface area (Å²) in [5, 5.41) is 8.83. The van der Waals surface area contributed by atoms with Crippen molar-refractivity contribution in [1.82, 2.24) is 4.72 Å². The Morgan fingerprint density at radius 2 is 2.06 bits per heavy atom. The summed E-state index contributed by atoms with van der Waals surface area (Å²) in [6.45, 7) is 0. The van der Waals surface area contributed by atoms with Crippen molar-refractivity contribution in [2.75, 3.05) is 0 Å². The first-order chi connectivity index (χ1) is 7.88. The number of hydrogen-bond acceptors (Lipinski definition) is 3. The van der Waals surface area contributed by atoms with Crippen molar-refractivity contribution in [3.63, 3.8) is 0 Å². The molecule has 0 amide bonds. The minimum absolute atomic E-state index is 0.0784. The zero-order chi connectivity index (χ0) is 12.6. The average Bonchev–Trinajstić information content (AvgIpc) is 2.19. The molecule has 94 valence electrons. The van der Waals surface area contributed by atoms with Gasteiger partial charge in [-0.25, -0.2) is 17.5 Å². The summed E-state index contributed by atoms with van der Waals surface area (Å²) in [7, 11) is -3.70. The van der Waals surface area contributed by atoms with E-state index in [0.717, 1.165) is 18.2 Å². The molecule has 1 aliphatic carbocycles. The molecule has 1 aromatic carbocycles. The summed E-state index contributed by atoms with van der Waals surface area (Å²) in [4.78, 5) is -0.0784. The van der Waals surface area contributed by atoms with Gasteiger partial charge in [-0.2, -0.15) is 0 Å². The van der Waals surface area contributed by atoms with Crippen LogP contribution < -0.4 is 4.72 Å². The van der Waals surface area contributed by atoms with Crippen molar-refractivity contribution in [2.45, 2.75) is 29.9 Å². The first-order valence-electron chi connectivity index (χ1n) is 5.04. The van der Waals surface area contributed by atoms with Crippen LogP contribution in [-0.2, 0) is 10.0 Å². The Hall–Kier alpha value is -0.690. The zero-order valence-electron chi connectivity index (χ0n) is 8.73. The minimum atomic E-state index is -3.70. The highest BCUT2D eigenvalue weighted by atomic mass is 35.5. The molecule has 4 nitrogen and oxygen atoms in total. The third kappa shape index (κ3) is 2.77. The van der Waals surface area contributed by atoms with E-state index >= 15 is 0 Å². The number of benzene rings is 1. The molecule has 1 fully saturated rings. The zero-order valence-corrected chi connectivity index (χ0v) is 10.3. The Morgan fingerprint density at radius 3 is 2.59 bits per heavy atom. The Bertz CT molecular complexity index is 528. The summed E-state index contributed by atoms with van der Waals surface area (Å²) in [6.07, 6.45) is 0.349.